The van der Waals surface area contributed by atoms with Gasteiger partial charge in [0.15, 0.2) is 0 Å². The maximum atomic E-state index is 4.56. The Hall–Kier alpha value is -4.44. The Morgan fingerprint density at radius 2 is 0.786 bits per heavy atom. The summed E-state index contributed by atoms with van der Waals surface area (Å²) in [6, 6.07) is 34.1. The standard InChI is InChI=1S/C28H18N4.5C2H6/c1-2-9-19(10-3-1)31-24-13-6-4-11-20(24)22-18-27-23(17-26(22)31)21-12-5-7-14-25(21)32(27)28-29-15-8-16-30-28;5*1-2/h1-18H;5*1-2H3. The molecule has 0 N–H and O–H groups in total. The van der Waals surface area contributed by atoms with E-state index in [0.717, 1.165) is 16.7 Å². The fourth-order valence-electron chi connectivity index (χ4n) is 4.91. The lowest BCUT2D eigenvalue weighted by molar-refractivity contribution is 0.989. The first-order chi connectivity index (χ1) is 20.9. The van der Waals surface area contributed by atoms with Crippen LogP contribution >= 0.6 is 0 Å². The van der Waals surface area contributed by atoms with Crippen molar-refractivity contribution in [3.8, 4) is 11.6 Å². The van der Waals surface area contributed by atoms with Crippen LogP contribution in [-0.2, 0) is 0 Å². The molecule has 0 aliphatic carbocycles. The number of hydrogen-bond donors (Lipinski definition) is 0. The van der Waals surface area contributed by atoms with Gasteiger partial charge in [-0.1, -0.05) is 124 Å². The van der Waals surface area contributed by atoms with Gasteiger partial charge in [-0.15, -0.1) is 0 Å². The topological polar surface area (TPSA) is 35.6 Å². The Morgan fingerprint density at radius 3 is 1.29 bits per heavy atom. The van der Waals surface area contributed by atoms with Crippen molar-refractivity contribution in [2.45, 2.75) is 69.2 Å². The van der Waals surface area contributed by atoms with E-state index in [9.17, 15) is 0 Å². The van der Waals surface area contributed by atoms with Crippen molar-refractivity contribution in [1.29, 1.82) is 0 Å². The van der Waals surface area contributed by atoms with Gasteiger partial charge in [-0.05, 0) is 42.5 Å². The highest BCUT2D eigenvalue weighted by atomic mass is 15.1. The second-order valence-electron chi connectivity index (χ2n) is 7.98. The molecule has 0 radical (unpaired) electrons. The van der Waals surface area contributed by atoms with Crippen LogP contribution in [0.3, 0.4) is 0 Å². The molecule has 7 aromatic rings. The number of para-hydroxylation sites is 3. The molecule has 3 heterocycles. The van der Waals surface area contributed by atoms with Gasteiger partial charge in [0.25, 0.3) is 0 Å². The van der Waals surface area contributed by atoms with E-state index in [4.69, 9.17) is 0 Å². The molecule has 4 nitrogen and oxygen atoms in total. The van der Waals surface area contributed by atoms with E-state index in [1.165, 1.54) is 32.6 Å². The van der Waals surface area contributed by atoms with Crippen LogP contribution in [-0.4, -0.2) is 19.1 Å². The highest BCUT2D eigenvalue weighted by molar-refractivity contribution is 6.18. The van der Waals surface area contributed by atoms with E-state index in [2.05, 4.69) is 110 Å². The molecular formula is C38H48N4. The summed E-state index contributed by atoms with van der Waals surface area (Å²) in [6.07, 6.45) is 3.59. The lowest BCUT2D eigenvalue weighted by atomic mass is 10.1. The molecule has 0 atom stereocenters. The van der Waals surface area contributed by atoms with Crippen LogP contribution in [0.15, 0.2) is 109 Å². The third kappa shape index (κ3) is 6.38. The third-order valence-corrected chi connectivity index (χ3v) is 6.23. The summed E-state index contributed by atoms with van der Waals surface area (Å²) in [5.74, 6) is 0.685. The molecule has 4 aromatic carbocycles. The zero-order valence-electron chi connectivity index (χ0n) is 27.2. The molecule has 0 aliphatic rings. The van der Waals surface area contributed by atoms with Crippen LogP contribution in [0.4, 0.5) is 0 Å². The van der Waals surface area contributed by atoms with Crippen molar-refractivity contribution in [3.63, 3.8) is 0 Å². The largest absolute Gasteiger partial charge is 0.309 e. The second kappa shape index (κ2) is 17.4. The van der Waals surface area contributed by atoms with E-state index >= 15 is 0 Å². The van der Waals surface area contributed by atoms with Crippen molar-refractivity contribution >= 4 is 43.6 Å². The minimum absolute atomic E-state index is 0.685. The molecule has 0 bridgehead atoms. The van der Waals surface area contributed by atoms with Gasteiger partial charge in [-0.25, -0.2) is 9.97 Å². The lowest BCUT2D eigenvalue weighted by Gasteiger charge is -2.08. The molecule has 4 heteroatoms. The predicted molar refractivity (Wildman–Crippen MR) is 187 cm³/mol. The molecule has 0 aliphatic heterocycles. The van der Waals surface area contributed by atoms with Crippen molar-refractivity contribution in [2.75, 3.05) is 0 Å². The average molecular weight is 561 g/mol. The minimum atomic E-state index is 0.685. The quantitative estimate of drug-likeness (QED) is 0.211. The normalized spacial score (nSPS) is 9.67. The van der Waals surface area contributed by atoms with Gasteiger partial charge in [0, 0.05) is 39.6 Å². The third-order valence-electron chi connectivity index (χ3n) is 6.23. The molecule has 0 fully saturated rings. The van der Waals surface area contributed by atoms with Crippen molar-refractivity contribution in [2.24, 2.45) is 0 Å². The van der Waals surface area contributed by atoms with E-state index in [1.54, 1.807) is 12.4 Å². The van der Waals surface area contributed by atoms with E-state index < -0.39 is 0 Å². The monoisotopic (exact) mass is 560 g/mol. The van der Waals surface area contributed by atoms with Crippen molar-refractivity contribution < 1.29 is 0 Å². The Balaban J connectivity index is 0.000000563. The van der Waals surface area contributed by atoms with Crippen LogP contribution in [0, 0.1) is 0 Å². The molecule has 0 saturated carbocycles. The van der Waals surface area contributed by atoms with Gasteiger partial charge in [-0.3, -0.25) is 4.57 Å². The Bertz CT molecular complexity index is 1630. The van der Waals surface area contributed by atoms with Gasteiger partial charge in [-0.2, -0.15) is 0 Å². The maximum absolute atomic E-state index is 4.56. The number of rotatable bonds is 2. The molecule has 220 valence electrons. The molecular weight excluding hydrogens is 512 g/mol. The number of benzene rings is 4. The van der Waals surface area contributed by atoms with E-state index in [0.29, 0.717) is 5.95 Å². The van der Waals surface area contributed by atoms with Gasteiger partial charge in [0.05, 0.1) is 22.1 Å². The molecule has 0 amide bonds. The van der Waals surface area contributed by atoms with Gasteiger partial charge >= 0.3 is 0 Å². The highest BCUT2D eigenvalue weighted by Gasteiger charge is 2.18. The first kappa shape index (κ1) is 33.8. The molecule has 0 spiro atoms. The smallest absolute Gasteiger partial charge is 0.234 e. The van der Waals surface area contributed by atoms with Gasteiger partial charge in [0.1, 0.15) is 0 Å². The number of hydrogen-bond acceptors (Lipinski definition) is 2. The fraction of sp³-hybridized carbons (Fsp3) is 0.263. The van der Waals surface area contributed by atoms with Crippen molar-refractivity contribution in [3.05, 3.63) is 109 Å². The summed E-state index contributed by atoms with van der Waals surface area (Å²) in [5, 5.41) is 4.85. The van der Waals surface area contributed by atoms with Crippen LogP contribution in [0.25, 0.3) is 55.2 Å². The minimum Gasteiger partial charge on any atom is -0.309 e. The molecule has 7 rings (SSSR count). The molecule has 0 saturated heterocycles. The maximum Gasteiger partial charge on any atom is 0.234 e. The highest BCUT2D eigenvalue weighted by Crippen LogP contribution is 2.38. The molecule has 3 aromatic heterocycles. The van der Waals surface area contributed by atoms with Crippen LogP contribution in [0.1, 0.15) is 69.2 Å². The van der Waals surface area contributed by atoms with E-state index in [1.807, 2.05) is 75.3 Å². The zero-order valence-corrected chi connectivity index (χ0v) is 27.2. The number of nitrogens with zero attached hydrogens (tertiary/aromatic N) is 4. The van der Waals surface area contributed by atoms with Crippen LogP contribution < -0.4 is 0 Å². The second-order valence-corrected chi connectivity index (χ2v) is 7.98. The average Bonchev–Trinajstić information content (AvgIpc) is 3.61. The van der Waals surface area contributed by atoms with Crippen LogP contribution in [0.5, 0.6) is 0 Å². The summed E-state index contributed by atoms with van der Waals surface area (Å²) in [4.78, 5) is 9.13. The Labute approximate surface area is 252 Å². The summed E-state index contributed by atoms with van der Waals surface area (Å²) in [5.41, 5.74) is 5.78. The van der Waals surface area contributed by atoms with Crippen LogP contribution in [0.2, 0.25) is 0 Å². The molecule has 42 heavy (non-hydrogen) atoms. The fourth-order valence-corrected chi connectivity index (χ4v) is 4.91. The first-order valence-electron chi connectivity index (χ1n) is 15.7. The molecule has 0 unspecified atom stereocenters. The Morgan fingerprint density at radius 1 is 0.381 bits per heavy atom. The SMILES string of the molecule is CC.CC.CC.CC.CC.c1ccc(-n2c3ccccc3c3cc4c(cc32)c2ccccc2n4-c2ncccn2)cc1. The van der Waals surface area contributed by atoms with Gasteiger partial charge < -0.3 is 4.57 Å². The number of aromatic nitrogens is 4. The van der Waals surface area contributed by atoms with E-state index in [-0.39, 0.29) is 0 Å². The van der Waals surface area contributed by atoms with Gasteiger partial charge in [0.2, 0.25) is 5.95 Å². The predicted octanol–water partition coefficient (Wildman–Crippen LogP) is 11.8. The zero-order chi connectivity index (χ0) is 31.1. The number of fused-ring (bicyclic) bond motifs is 6. The summed E-state index contributed by atoms with van der Waals surface area (Å²) >= 11 is 0. The Kier molecular flexibility index (Phi) is 14.0. The summed E-state index contributed by atoms with van der Waals surface area (Å²) < 4.78 is 4.52. The first-order valence-corrected chi connectivity index (χ1v) is 15.7. The lowest BCUT2D eigenvalue weighted by Crippen LogP contribution is -1.99. The summed E-state index contributed by atoms with van der Waals surface area (Å²) in [6.45, 7) is 20.0. The van der Waals surface area contributed by atoms with Crippen molar-refractivity contribution in [1.82, 2.24) is 19.1 Å². The summed E-state index contributed by atoms with van der Waals surface area (Å²) in [7, 11) is 0.